The third-order valence-corrected chi connectivity index (χ3v) is 1.88. The summed E-state index contributed by atoms with van der Waals surface area (Å²) in [5, 5.41) is 0. The molecule has 0 amide bonds. The van der Waals surface area contributed by atoms with Crippen LogP contribution in [0.15, 0.2) is 60.7 Å². The van der Waals surface area contributed by atoms with Crippen LogP contribution in [0.5, 0.6) is 0 Å². The summed E-state index contributed by atoms with van der Waals surface area (Å²) in [6.07, 6.45) is 0. The Morgan fingerprint density at radius 1 is 0.462 bits per heavy atom. The molecule has 0 nitrogen and oxygen atoms in total. The largest absolute Gasteiger partial charge is 0.0622 e. The van der Waals surface area contributed by atoms with Crippen LogP contribution < -0.4 is 0 Å². The minimum absolute atomic E-state index is 0. The maximum Gasteiger partial charge on any atom is 0 e. The zero-order valence-corrected chi connectivity index (χ0v) is 14.1. The molecule has 2 aromatic carbocycles. The summed E-state index contributed by atoms with van der Waals surface area (Å²) in [6, 6.07) is 20.8. The molecule has 1 heteroatoms. The van der Waals surface area contributed by atoms with Gasteiger partial charge in [0, 0.05) is 68.9 Å². The quantitative estimate of drug-likeness (QED) is 0.756. The Morgan fingerprint density at radius 3 is 1.08 bits per heavy atom. The van der Waals surface area contributed by atoms with E-state index in [1.165, 1.54) is 11.1 Å². The van der Waals surface area contributed by atoms with Crippen LogP contribution >= 0.6 is 0 Å². The maximum atomic E-state index is 2.12. The van der Waals surface area contributed by atoms with Gasteiger partial charge in [-0.3, -0.25) is 0 Å². The molecule has 0 aliphatic rings. The number of hydrogen-bond acceptors (Lipinski definition) is 0. The topological polar surface area (TPSA) is 0 Å². The van der Waals surface area contributed by atoms with Crippen LogP contribution in [-0.2, 0) is 0 Å². The molecule has 0 N–H and O–H groups in total. The second-order valence-electron chi connectivity index (χ2n) is 2.73. The van der Waals surface area contributed by atoms with Crippen LogP contribution in [0.3, 0.4) is 0 Å². The summed E-state index contributed by atoms with van der Waals surface area (Å²) in [5.41, 5.74) is 2.55. The molecule has 0 aliphatic heterocycles. The van der Waals surface area contributed by atoms with Gasteiger partial charge in [-0.05, 0) is 11.1 Å². The predicted octanol–water partition coefficient (Wildman–Crippen LogP) is 2.97. The summed E-state index contributed by atoms with van der Waals surface area (Å²) < 4.78 is 0. The van der Waals surface area contributed by atoms with E-state index >= 15 is 0 Å². The van der Waals surface area contributed by atoms with Crippen LogP contribution in [0.25, 0.3) is 11.1 Å². The average molecular weight is 287 g/mol. The normalized spacial score (nSPS) is 8.92. The smallest absolute Gasteiger partial charge is 0 e. The number of benzene rings is 2. The first kappa shape index (κ1) is 11.6. The zero-order chi connectivity index (χ0) is 8.23. The van der Waals surface area contributed by atoms with Crippen molar-refractivity contribution in [3.8, 4) is 11.1 Å². The molecule has 59 valence electrons. The first-order chi connectivity index (χ1) is 5.97. The van der Waals surface area contributed by atoms with E-state index in [4.69, 9.17) is 0 Å². The second kappa shape index (κ2) is 6.07. The van der Waals surface area contributed by atoms with Crippen LogP contribution in [-0.4, -0.2) is 68.9 Å². The first-order valence-electron chi connectivity index (χ1n) is 4.07. The Balaban J connectivity index is 0.000000845. The van der Waals surface area contributed by atoms with Gasteiger partial charge in [0.25, 0.3) is 0 Å². The van der Waals surface area contributed by atoms with Crippen LogP contribution in [0.2, 0.25) is 0 Å². The Bertz CT molecular complexity index is 303. The van der Waals surface area contributed by atoms with Crippen LogP contribution in [0, 0.1) is 0 Å². The molecule has 2 aromatic rings. The molecule has 13 heavy (non-hydrogen) atoms. The Labute approximate surface area is 138 Å². The fourth-order valence-electron chi connectivity index (χ4n) is 1.26. The van der Waals surface area contributed by atoms with Gasteiger partial charge in [-0.1, -0.05) is 60.7 Å². The van der Waals surface area contributed by atoms with Crippen molar-refractivity contribution >= 4 is 68.9 Å². The second-order valence-corrected chi connectivity index (χ2v) is 2.73. The first-order valence-corrected chi connectivity index (χ1v) is 4.07. The number of rotatable bonds is 1. The number of hydrogen-bond donors (Lipinski definition) is 0. The monoisotopic (exact) mass is 287 g/mol. The van der Waals surface area contributed by atoms with Crippen LogP contribution in [0.4, 0.5) is 0 Å². The van der Waals surface area contributed by atoms with Crippen molar-refractivity contribution in [2.45, 2.75) is 0 Å². The zero-order valence-electron chi connectivity index (χ0n) is 7.77. The molecule has 0 bridgehead atoms. The molecule has 2 rings (SSSR count). The Hall–Kier alpha value is 0.492. The third kappa shape index (κ3) is 3.27. The molecule has 0 aromatic heterocycles. The van der Waals surface area contributed by atoms with E-state index in [1.807, 2.05) is 12.1 Å². The Kier molecular flexibility index (Phi) is 5.40. The van der Waals surface area contributed by atoms with E-state index in [0.29, 0.717) is 0 Å². The van der Waals surface area contributed by atoms with Gasteiger partial charge in [-0.2, -0.15) is 0 Å². The molecule has 0 heterocycles. The van der Waals surface area contributed by atoms with Crippen molar-refractivity contribution in [2.24, 2.45) is 0 Å². The van der Waals surface area contributed by atoms with Gasteiger partial charge in [0.15, 0.2) is 0 Å². The van der Waals surface area contributed by atoms with E-state index < -0.39 is 0 Å². The van der Waals surface area contributed by atoms with E-state index in [2.05, 4.69) is 48.5 Å². The van der Waals surface area contributed by atoms with E-state index in [9.17, 15) is 0 Å². The van der Waals surface area contributed by atoms with E-state index in [1.54, 1.807) is 0 Å². The van der Waals surface area contributed by atoms with Crippen molar-refractivity contribution in [2.75, 3.05) is 0 Å². The minimum atomic E-state index is 0. The van der Waals surface area contributed by atoms with Crippen LogP contribution in [0.1, 0.15) is 0 Å². The van der Waals surface area contributed by atoms with E-state index in [-0.39, 0.29) is 68.9 Å². The molecule has 0 spiro atoms. The summed E-state index contributed by atoms with van der Waals surface area (Å²) >= 11 is 0. The molecule has 0 unspecified atom stereocenters. The third-order valence-electron chi connectivity index (χ3n) is 1.88. The predicted molar refractivity (Wildman–Crippen MR) is 57.6 cm³/mol. The average Bonchev–Trinajstić information content (AvgIpc) is 2.21. The van der Waals surface area contributed by atoms with E-state index in [0.717, 1.165) is 0 Å². The Morgan fingerprint density at radius 2 is 0.769 bits per heavy atom. The minimum Gasteiger partial charge on any atom is -0.0622 e. The standard InChI is InChI=1S/C12H10.Cs/c1-3-7-11(8-4-1)12-9-5-2-6-10-12;/h1-10H;. The summed E-state index contributed by atoms with van der Waals surface area (Å²) in [4.78, 5) is 0. The molecule has 0 saturated carbocycles. The molecular weight excluding hydrogens is 277 g/mol. The van der Waals surface area contributed by atoms with Gasteiger partial charge in [-0.25, -0.2) is 0 Å². The van der Waals surface area contributed by atoms with Gasteiger partial charge in [-0.15, -0.1) is 0 Å². The molecular formula is C12H10Cs. The fourth-order valence-corrected chi connectivity index (χ4v) is 1.26. The van der Waals surface area contributed by atoms with Gasteiger partial charge >= 0.3 is 0 Å². The summed E-state index contributed by atoms with van der Waals surface area (Å²) in [7, 11) is 0. The summed E-state index contributed by atoms with van der Waals surface area (Å²) in [5.74, 6) is 0. The fraction of sp³-hybridized carbons (Fsp3) is 0. The van der Waals surface area contributed by atoms with Crippen molar-refractivity contribution in [1.82, 2.24) is 0 Å². The molecule has 0 aliphatic carbocycles. The van der Waals surface area contributed by atoms with Crippen molar-refractivity contribution in [1.29, 1.82) is 0 Å². The van der Waals surface area contributed by atoms with Gasteiger partial charge in [0.05, 0.1) is 0 Å². The van der Waals surface area contributed by atoms with Gasteiger partial charge in [0.1, 0.15) is 0 Å². The molecule has 0 saturated heterocycles. The van der Waals surface area contributed by atoms with Gasteiger partial charge < -0.3 is 0 Å². The summed E-state index contributed by atoms with van der Waals surface area (Å²) in [6.45, 7) is 0. The molecule has 0 atom stereocenters. The maximum absolute atomic E-state index is 2.12. The van der Waals surface area contributed by atoms with Gasteiger partial charge in [0.2, 0.25) is 0 Å². The SMILES string of the molecule is [Cs].c1ccc(-c2ccccc2)cc1. The van der Waals surface area contributed by atoms with Crippen molar-refractivity contribution in [3.05, 3.63) is 60.7 Å². The van der Waals surface area contributed by atoms with Crippen molar-refractivity contribution < 1.29 is 0 Å². The van der Waals surface area contributed by atoms with Crippen molar-refractivity contribution in [3.63, 3.8) is 0 Å². The molecule has 1 radical (unpaired) electrons. The molecule has 0 fully saturated rings.